The van der Waals surface area contributed by atoms with Crippen molar-refractivity contribution in [2.75, 3.05) is 6.61 Å². The minimum atomic E-state index is -0.741. The van der Waals surface area contributed by atoms with Crippen molar-refractivity contribution in [1.29, 1.82) is 0 Å². The van der Waals surface area contributed by atoms with Crippen molar-refractivity contribution < 1.29 is 9.90 Å². The van der Waals surface area contributed by atoms with Crippen molar-refractivity contribution in [2.45, 2.75) is 25.3 Å². The summed E-state index contributed by atoms with van der Waals surface area (Å²) in [5.41, 5.74) is 1.30. The Labute approximate surface area is 125 Å². The lowest BCUT2D eigenvalue weighted by Crippen LogP contribution is -2.46. The van der Waals surface area contributed by atoms with Crippen LogP contribution in [0.5, 0.6) is 0 Å². The molecule has 3 heteroatoms. The van der Waals surface area contributed by atoms with Crippen molar-refractivity contribution >= 4 is 5.91 Å². The van der Waals surface area contributed by atoms with Crippen LogP contribution in [0.15, 0.2) is 60.7 Å². The molecule has 0 heterocycles. The molecule has 2 aromatic rings. The number of hydrogen-bond acceptors (Lipinski definition) is 2. The quantitative estimate of drug-likeness (QED) is 0.856. The van der Waals surface area contributed by atoms with Crippen molar-refractivity contribution in [3.05, 3.63) is 71.8 Å². The van der Waals surface area contributed by atoms with Gasteiger partial charge in [-0.05, 0) is 24.5 Å². The van der Waals surface area contributed by atoms with Gasteiger partial charge in [-0.25, -0.2) is 0 Å². The van der Waals surface area contributed by atoms with E-state index in [2.05, 4.69) is 5.32 Å². The summed E-state index contributed by atoms with van der Waals surface area (Å²) in [6, 6.07) is 19.5. The highest BCUT2D eigenvalue weighted by Gasteiger charge is 2.27. The molecule has 1 atom stereocenters. The van der Waals surface area contributed by atoms with Crippen LogP contribution in [-0.4, -0.2) is 17.6 Å². The number of rotatable bonds is 6. The molecular weight excluding hydrogens is 262 g/mol. The molecule has 2 aromatic carbocycles. The number of aliphatic hydroxyl groups is 1. The first-order valence-corrected chi connectivity index (χ1v) is 7.15. The van der Waals surface area contributed by atoms with Gasteiger partial charge in [0.15, 0.2) is 0 Å². The van der Waals surface area contributed by atoms with Gasteiger partial charge in [0.25, 0.3) is 0 Å². The molecule has 0 fully saturated rings. The molecule has 0 aliphatic heterocycles. The van der Waals surface area contributed by atoms with Crippen LogP contribution in [0, 0.1) is 0 Å². The summed E-state index contributed by atoms with van der Waals surface area (Å²) >= 11 is 0. The van der Waals surface area contributed by atoms with Gasteiger partial charge in [0.05, 0.1) is 12.1 Å². The second kappa shape index (κ2) is 7.04. The summed E-state index contributed by atoms with van der Waals surface area (Å²) in [4.78, 5) is 12.1. The number of amides is 1. The molecule has 0 spiro atoms. The average Bonchev–Trinajstić information content (AvgIpc) is 2.54. The van der Waals surface area contributed by atoms with Gasteiger partial charge in [0, 0.05) is 6.42 Å². The predicted molar refractivity (Wildman–Crippen MR) is 83.8 cm³/mol. The Balaban J connectivity index is 1.97. The van der Waals surface area contributed by atoms with E-state index in [9.17, 15) is 9.90 Å². The molecular formula is C18H21NO2. The van der Waals surface area contributed by atoms with Crippen LogP contribution in [0.3, 0.4) is 0 Å². The Morgan fingerprint density at radius 2 is 1.62 bits per heavy atom. The minimum Gasteiger partial charge on any atom is -0.394 e. The normalized spacial score (nSPS) is 13.4. The van der Waals surface area contributed by atoms with Crippen molar-refractivity contribution in [3.8, 4) is 0 Å². The van der Waals surface area contributed by atoms with Crippen molar-refractivity contribution in [2.24, 2.45) is 0 Å². The van der Waals surface area contributed by atoms with Gasteiger partial charge < -0.3 is 10.4 Å². The first-order chi connectivity index (χ1) is 10.1. The summed E-state index contributed by atoms with van der Waals surface area (Å²) in [5.74, 6) is -0.0562. The lowest BCUT2D eigenvalue weighted by Gasteiger charge is -2.29. The second-order valence-corrected chi connectivity index (χ2v) is 5.39. The first kappa shape index (κ1) is 15.3. The third-order valence-corrected chi connectivity index (χ3v) is 3.63. The molecule has 0 aliphatic carbocycles. The van der Waals surface area contributed by atoms with E-state index in [0.717, 1.165) is 11.1 Å². The summed E-state index contributed by atoms with van der Waals surface area (Å²) in [7, 11) is 0. The summed E-state index contributed by atoms with van der Waals surface area (Å²) in [6.07, 6.45) is 1.11. The fourth-order valence-corrected chi connectivity index (χ4v) is 2.28. The number of aliphatic hydroxyl groups excluding tert-OH is 1. The third kappa shape index (κ3) is 4.17. The van der Waals surface area contributed by atoms with E-state index < -0.39 is 5.54 Å². The maximum atomic E-state index is 12.1. The monoisotopic (exact) mass is 283 g/mol. The fraction of sp³-hybridized carbons (Fsp3) is 0.278. The highest BCUT2D eigenvalue weighted by molar-refractivity contribution is 5.77. The van der Waals surface area contributed by atoms with Gasteiger partial charge in [-0.2, -0.15) is 0 Å². The molecule has 1 unspecified atom stereocenters. The molecule has 0 radical (unpaired) electrons. The number of aryl methyl sites for hydroxylation is 1. The van der Waals surface area contributed by atoms with Gasteiger partial charge in [0.1, 0.15) is 0 Å². The zero-order valence-corrected chi connectivity index (χ0v) is 12.3. The lowest BCUT2D eigenvalue weighted by molar-refractivity contribution is -0.123. The standard InChI is InChI=1S/C18H21NO2/c1-18(14-20,16-10-6-3-7-11-16)19-17(21)13-12-15-8-4-2-5-9-15/h2-11,20H,12-14H2,1H3,(H,19,21). The Morgan fingerprint density at radius 1 is 1.05 bits per heavy atom. The first-order valence-electron chi connectivity index (χ1n) is 7.15. The lowest BCUT2D eigenvalue weighted by atomic mass is 9.92. The molecule has 0 saturated heterocycles. The molecule has 1 amide bonds. The van der Waals surface area contributed by atoms with Gasteiger partial charge >= 0.3 is 0 Å². The molecule has 0 aromatic heterocycles. The molecule has 2 rings (SSSR count). The number of carbonyl (C=O) groups is 1. The largest absolute Gasteiger partial charge is 0.394 e. The van der Waals surface area contributed by atoms with E-state index >= 15 is 0 Å². The number of benzene rings is 2. The van der Waals surface area contributed by atoms with E-state index in [0.29, 0.717) is 12.8 Å². The third-order valence-electron chi connectivity index (χ3n) is 3.63. The van der Waals surface area contributed by atoms with Crippen LogP contribution < -0.4 is 5.32 Å². The molecule has 21 heavy (non-hydrogen) atoms. The van der Waals surface area contributed by atoms with Crippen LogP contribution in [0.1, 0.15) is 24.5 Å². The van der Waals surface area contributed by atoms with Crippen molar-refractivity contribution in [1.82, 2.24) is 5.32 Å². The van der Waals surface area contributed by atoms with Crippen LogP contribution in [0.4, 0.5) is 0 Å². The number of nitrogens with one attached hydrogen (secondary N) is 1. The van der Waals surface area contributed by atoms with E-state index in [1.165, 1.54) is 0 Å². The smallest absolute Gasteiger partial charge is 0.221 e. The fourth-order valence-electron chi connectivity index (χ4n) is 2.28. The summed E-state index contributed by atoms with van der Waals surface area (Å²) in [6.45, 7) is 1.71. The minimum absolute atomic E-state index is 0.0562. The SMILES string of the molecule is CC(CO)(NC(=O)CCc1ccccc1)c1ccccc1. The molecule has 0 bridgehead atoms. The average molecular weight is 283 g/mol. The topological polar surface area (TPSA) is 49.3 Å². The van der Waals surface area contributed by atoms with Gasteiger partial charge in [-0.15, -0.1) is 0 Å². The highest BCUT2D eigenvalue weighted by atomic mass is 16.3. The van der Waals surface area contributed by atoms with Crippen LogP contribution >= 0.6 is 0 Å². The molecule has 2 N–H and O–H groups in total. The highest BCUT2D eigenvalue weighted by Crippen LogP contribution is 2.20. The van der Waals surface area contributed by atoms with E-state index in [1.807, 2.05) is 67.6 Å². The van der Waals surface area contributed by atoms with E-state index in [-0.39, 0.29) is 12.5 Å². The van der Waals surface area contributed by atoms with Crippen LogP contribution in [0.25, 0.3) is 0 Å². The maximum absolute atomic E-state index is 12.1. The summed E-state index contributed by atoms with van der Waals surface area (Å²) in [5, 5.41) is 12.6. The van der Waals surface area contributed by atoms with E-state index in [1.54, 1.807) is 0 Å². The second-order valence-electron chi connectivity index (χ2n) is 5.39. The van der Waals surface area contributed by atoms with Gasteiger partial charge in [0.2, 0.25) is 5.91 Å². The zero-order chi connectivity index (χ0) is 15.1. The molecule has 110 valence electrons. The van der Waals surface area contributed by atoms with Crippen LogP contribution in [-0.2, 0) is 16.8 Å². The maximum Gasteiger partial charge on any atom is 0.221 e. The molecule has 0 saturated carbocycles. The molecule has 0 aliphatic rings. The van der Waals surface area contributed by atoms with Gasteiger partial charge in [-0.1, -0.05) is 60.7 Å². The van der Waals surface area contributed by atoms with Gasteiger partial charge in [-0.3, -0.25) is 4.79 Å². The summed E-state index contributed by atoms with van der Waals surface area (Å²) < 4.78 is 0. The Hall–Kier alpha value is -2.13. The Kier molecular flexibility index (Phi) is 5.12. The van der Waals surface area contributed by atoms with Crippen molar-refractivity contribution in [3.63, 3.8) is 0 Å². The zero-order valence-electron chi connectivity index (χ0n) is 12.3. The Bertz CT molecular complexity index is 568. The number of hydrogen-bond donors (Lipinski definition) is 2. The Morgan fingerprint density at radius 3 is 2.19 bits per heavy atom. The van der Waals surface area contributed by atoms with E-state index in [4.69, 9.17) is 0 Å². The molecule has 3 nitrogen and oxygen atoms in total. The predicted octanol–water partition coefficient (Wildman–Crippen LogP) is 2.64. The number of carbonyl (C=O) groups excluding carboxylic acids is 1. The van der Waals surface area contributed by atoms with Crippen LogP contribution in [0.2, 0.25) is 0 Å².